The third-order valence-corrected chi connectivity index (χ3v) is 5.39. The normalized spacial score (nSPS) is 28.6. The van der Waals surface area contributed by atoms with Crippen molar-refractivity contribution in [2.24, 2.45) is 5.92 Å². The summed E-state index contributed by atoms with van der Waals surface area (Å²) in [6.07, 6.45) is 5.39. The summed E-state index contributed by atoms with van der Waals surface area (Å²) in [5.41, 5.74) is -0.593. The predicted octanol–water partition coefficient (Wildman–Crippen LogP) is 2.47. The molecular formula is C16H28N2O2. The minimum Gasteiger partial charge on any atom is -0.340 e. The SMILES string of the molecule is CCC(C)C(C)N1C(=O)C2(CCCC2)NC(=O)C1CC. The average Bonchev–Trinajstić information content (AvgIpc) is 2.90. The first kappa shape index (κ1) is 15.3. The van der Waals surface area contributed by atoms with E-state index in [0.717, 1.165) is 32.1 Å². The largest absolute Gasteiger partial charge is 0.340 e. The Hall–Kier alpha value is -1.06. The molecule has 114 valence electrons. The molecule has 1 saturated carbocycles. The first-order valence-electron chi connectivity index (χ1n) is 8.11. The van der Waals surface area contributed by atoms with Crippen LogP contribution in [0.4, 0.5) is 0 Å². The number of nitrogens with zero attached hydrogens (tertiary/aromatic N) is 1. The van der Waals surface area contributed by atoms with Gasteiger partial charge in [-0.05, 0) is 32.1 Å². The Morgan fingerprint density at radius 2 is 1.85 bits per heavy atom. The van der Waals surface area contributed by atoms with Crippen LogP contribution >= 0.6 is 0 Å². The minimum absolute atomic E-state index is 0.0455. The Bertz CT molecular complexity index is 388. The molecule has 0 aromatic heterocycles. The van der Waals surface area contributed by atoms with Crippen LogP contribution in [-0.4, -0.2) is 34.3 Å². The van der Waals surface area contributed by atoms with Crippen LogP contribution in [0, 0.1) is 5.92 Å². The van der Waals surface area contributed by atoms with Gasteiger partial charge in [-0.15, -0.1) is 0 Å². The summed E-state index contributed by atoms with van der Waals surface area (Å²) in [6, 6.07) is -0.168. The van der Waals surface area contributed by atoms with E-state index in [-0.39, 0.29) is 23.9 Å². The molecule has 20 heavy (non-hydrogen) atoms. The highest BCUT2D eigenvalue weighted by atomic mass is 16.2. The second-order valence-corrected chi connectivity index (χ2v) is 6.54. The average molecular weight is 280 g/mol. The molecule has 0 bridgehead atoms. The highest BCUT2D eigenvalue weighted by Crippen LogP contribution is 2.36. The Kier molecular flexibility index (Phi) is 4.40. The molecule has 1 spiro atoms. The van der Waals surface area contributed by atoms with E-state index in [1.54, 1.807) is 0 Å². The number of hydrogen-bond donors (Lipinski definition) is 1. The molecule has 2 fully saturated rings. The van der Waals surface area contributed by atoms with Crippen molar-refractivity contribution >= 4 is 11.8 Å². The third kappa shape index (κ3) is 2.33. The summed E-state index contributed by atoms with van der Waals surface area (Å²) in [5, 5.41) is 3.05. The Morgan fingerprint density at radius 1 is 1.25 bits per heavy atom. The highest BCUT2D eigenvalue weighted by Gasteiger charge is 2.52. The summed E-state index contributed by atoms with van der Waals surface area (Å²) in [6.45, 7) is 8.39. The second kappa shape index (κ2) is 5.74. The van der Waals surface area contributed by atoms with Crippen molar-refractivity contribution in [3.63, 3.8) is 0 Å². The lowest BCUT2D eigenvalue weighted by Crippen LogP contribution is -2.71. The highest BCUT2D eigenvalue weighted by molar-refractivity contribution is 6.00. The number of nitrogens with one attached hydrogen (secondary N) is 1. The van der Waals surface area contributed by atoms with Crippen LogP contribution in [-0.2, 0) is 9.59 Å². The number of carbonyl (C=O) groups is 2. The van der Waals surface area contributed by atoms with Crippen molar-refractivity contribution in [1.82, 2.24) is 10.2 Å². The molecule has 1 N–H and O–H groups in total. The summed E-state index contributed by atoms with van der Waals surface area (Å²) in [7, 11) is 0. The van der Waals surface area contributed by atoms with Crippen molar-refractivity contribution in [3.05, 3.63) is 0 Å². The lowest BCUT2D eigenvalue weighted by Gasteiger charge is -2.48. The van der Waals surface area contributed by atoms with Crippen molar-refractivity contribution in [2.45, 2.75) is 83.8 Å². The van der Waals surface area contributed by atoms with Crippen LogP contribution in [0.5, 0.6) is 0 Å². The van der Waals surface area contributed by atoms with Gasteiger partial charge in [-0.1, -0.05) is 40.0 Å². The van der Waals surface area contributed by atoms with Gasteiger partial charge in [0.15, 0.2) is 0 Å². The molecule has 1 heterocycles. The van der Waals surface area contributed by atoms with E-state index >= 15 is 0 Å². The van der Waals surface area contributed by atoms with Gasteiger partial charge < -0.3 is 10.2 Å². The minimum atomic E-state index is -0.593. The van der Waals surface area contributed by atoms with E-state index in [1.165, 1.54) is 0 Å². The number of piperazine rings is 1. The third-order valence-electron chi connectivity index (χ3n) is 5.39. The molecule has 4 heteroatoms. The first-order valence-corrected chi connectivity index (χ1v) is 8.11. The van der Waals surface area contributed by atoms with Crippen molar-refractivity contribution in [2.75, 3.05) is 0 Å². The molecule has 2 rings (SSSR count). The molecule has 0 radical (unpaired) electrons. The van der Waals surface area contributed by atoms with Gasteiger partial charge in [0.25, 0.3) is 0 Å². The maximum atomic E-state index is 13.0. The van der Waals surface area contributed by atoms with Gasteiger partial charge >= 0.3 is 0 Å². The van der Waals surface area contributed by atoms with Crippen LogP contribution in [0.3, 0.4) is 0 Å². The molecule has 0 aromatic rings. The maximum absolute atomic E-state index is 13.0. The van der Waals surface area contributed by atoms with Crippen molar-refractivity contribution < 1.29 is 9.59 Å². The predicted molar refractivity (Wildman–Crippen MR) is 79.2 cm³/mol. The zero-order valence-electron chi connectivity index (χ0n) is 13.2. The van der Waals surface area contributed by atoms with Gasteiger partial charge in [0.2, 0.25) is 11.8 Å². The van der Waals surface area contributed by atoms with E-state index in [2.05, 4.69) is 26.1 Å². The van der Waals surface area contributed by atoms with Gasteiger partial charge in [0.05, 0.1) is 0 Å². The monoisotopic (exact) mass is 280 g/mol. The van der Waals surface area contributed by atoms with E-state index in [1.807, 2.05) is 11.8 Å². The summed E-state index contributed by atoms with van der Waals surface area (Å²) >= 11 is 0. The maximum Gasteiger partial charge on any atom is 0.249 e. The zero-order chi connectivity index (χ0) is 14.9. The molecule has 3 unspecified atom stereocenters. The van der Waals surface area contributed by atoms with Crippen molar-refractivity contribution in [3.8, 4) is 0 Å². The lowest BCUT2D eigenvalue weighted by atomic mass is 9.86. The van der Waals surface area contributed by atoms with Crippen molar-refractivity contribution in [1.29, 1.82) is 0 Å². The fraction of sp³-hybridized carbons (Fsp3) is 0.875. The molecule has 2 amide bonds. The number of amides is 2. The number of carbonyl (C=O) groups excluding carboxylic acids is 2. The van der Waals surface area contributed by atoms with Gasteiger partial charge in [-0.25, -0.2) is 0 Å². The molecule has 1 aliphatic carbocycles. The van der Waals surface area contributed by atoms with Gasteiger partial charge in [-0.3, -0.25) is 9.59 Å². The summed E-state index contributed by atoms with van der Waals surface area (Å²) in [4.78, 5) is 27.4. The quantitative estimate of drug-likeness (QED) is 0.860. The number of hydrogen-bond acceptors (Lipinski definition) is 2. The van der Waals surface area contributed by atoms with Gasteiger partial charge in [-0.2, -0.15) is 0 Å². The van der Waals surface area contributed by atoms with E-state index < -0.39 is 5.54 Å². The summed E-state index contributed by atoms with van der Waals surface area (Å²) in [5.74, 6) is 0.621. The molecule has 1 saturated heterocycles. The van der Waals surface area contributed by atoms with Crippen LogP contribution in [0.15, 0.2) is 0 Å². The molecule has 3 atom stereocenters. The van der Waals surface area contributed by atoms with Gasteiger partial charge in [0, 0.05) is 6.04 Å². The second-order valence-electron chi connectivity index (χ2n) is 6.54. The Morgan fingerprint density at radius 3 is 2.35 bits per heavy atom. The summed E-state index contributed by atoms with van der Waals surface area (Å²) < 4.78 is 0. The van der Waals surface area contributed by atoms with Crippen LogP contribution in [0.2, 0.25) is 0 Å². The fourth-order valence-electron chi connectivity index (χ4n) is 3.67. The van der Waals surface area contributed by atoms with Crippen LogP contribution in [0.25, 0.3) is 0 Å². The smallest absolute Gasteiger partial charge is 0.249 e. The topological polar surface area (TPSA) is 49.4 Å². The fourth-order valence-corrected chi connectivity index (χ4v) is 3.67. The molecule has 2 aliphatic rings. The lowest BCUT2D eigenvalue weighted by molar-refractivity contribution is -0.158. The van der Waals surface area contributed by atoms with E-state index in [4.69, 9.17) is 0 Å². The Labute approximate surface area is 122 Å². The molecular weight excluding hydrogens is 252 g/mol. The number of rotatable bonds is 4. The molecule has 1 aliphatic heterocycles. The van der Waals surface area contributed by atoms with Crippen LogP contribution < -0.4 is 5.32 Å². The molecule has 4 nitrogen and oxygen atoms in total. The molecule has 0 aromatic carbocycles. The first-order chi connectivity index (χ1) is 9.46. The standard InChI is InChI=1S/C16H28N2O2/c1-5-11(3)12(4)18-13(6-2)14(19)17-16(15(18)20)9-7-8-10-16/h11-13H,5-10H2,1-4H3,(H,17,19). The van der Waals surface area contributed by atoms with Crippen LogP contribution in [0.1, 0.15) is 66.2 Å². The van der Waals surface area contributed by atoms with E-state index in [9.17, 15) is 9.59 Å². The Balaban J connectivity index is 2.32. The van der Waals surface area contributed by atoms with Gasteiger partial charge in [0.1, 0.15) is 11.6 Å². The zero-order valence-corrected chi connectivity index (χ0v) is 13.2. The van der Waals surface area contributed by atoms with E-state index in [0.29, 0.717) is 12.3 Å².